The summed E-state index contributed by atoms with van der Waals surface area (Å²) in [5, 5.41) is 2.91. The number of nitrogens with one attached hydrogen (secondary N) is 1. The third-order valence-electron chi connectivity index (χ3n) is 3.32. The molecule has 21 heavy (non-hydrogen) atoms. The Bertz CT molecular complexity index is 636. The Kier molecular flexibility index (Phi) is 3.88. The summed E-state index contributed by atoms with van der Waals surface area (Å²) in [7, 11) is 0. The van der Waals surface area contributed by atoms with E-state index in [1.807, 2.05) is 43.3 Å². The summed E-state index contributed by atoms with van der Waals surface area (Å²) in [6, 6.07) is 14.8. The summed E-state index contributed by atoms with van der Waals surface area (Å²) in [6.45, 7) is 3.31. The van der Waals surface area contributed by atoms with Crippen LogP contribution in [0.25, 0.3) is 0 Å². The standard InChI is InChI=1S/C17H17NO3/c1-12-9-14(20-10-15-11-21-15)7-8-16(12)18-17(19)13-5-3-2-4-6-13/h2-9,15H,10-11H2,1H3,(H,18,19). The minimum atomic E-state index is -0.112. The van der Waals surface area contributed by atoms with Gasteiger partial charge in [-0.2, -0.15) is 0 Å². The van der Waals surface area contributed by atoms with Crippen LogP contribution in [0.1, 0.15) is 15.9 Å². The smallest absolute Gasteiger partial charge is 0.255 e. The van der Waals surface area contributed by atoms with Crippen LogP contribution in [0.3, 0.4) is 0 Å². The molecule has 1 fully saturated rings. The van der Waals surface area contributed by atoms with Crippen LogP contribution in [-0.4, -0.2) is 25.2 Å². The number of ether oxygens (including phenoxy) is 2. The van der Waals surface area contributed by atoms with Crippen molar-refractivity contribution in [2.45, 2.75) is 13.0 Å². The molecule has 1 heterocycles. The molecule has 1 amide bonds. The number of hydrogen-bond acceptors (Lipinski definition) is 3. The molecule has 0 spiro atoms. The van der Waals surface area contributed by atoms with Gasteiger partial charge in [-0.1, -0.05) is 18.2 Å². The van der Waals surface area contributed by atoms with Gasteiger partial charge in [0.2, 0.25) is 0 Å². The number of carbonyl (C=O) groups excluding carboxylic acids is 1. The number of amides is 1. The molecule has 2 aromatic rings. The molecular formula is C17H17NO3. The van der Waals surface area contributed by atoms with Crippen LogP contribution in [-0.2, 0) is 4.74 Å². The van der Waals surface area contributed by atoms with E-state index in [1.54, 1.807) is 12.1 Å². The molecule has 1 N–H and O–H groups in total. The maximum Gasteiger partial charge on any atom is 0.255 e. The zero-order valence-corrected chi connectivity index (χ0v) is 11.8. The fourth-order valence-electron chi connectivity index (χ4n) is 2.00. The van der Waals surface area contributed by atoms with Crippen LogP contribution in [0, 0.1) is 6.92 Å². The zero-order chi connectivity index (χ0) is 14.7. The molecule has 0 aliphatic carbocycles. The van der Waals surface area contributed by atoms with Crippen molar-refractivity contribution in [3.05, 3.63) is 59.7 Å². The Hall–Kier alpha value is -2.33. The lowest BCUT2D eigenvalue weighted by Gasteiger charge is -2.11. The van der Waals surface area contributed by atoms with Crippen molar-refractivity contribution in [2.24, 2.45) is 0 Å². The maximum atomic E-state index is 12.1. The van der Waals surface area contributed by atoms with Crippen molar-refractivity contribution in [3.8, 4) is 5.75 Å². The highest BCUT2D eigenvalue weighted by Gasteiger charge is 2.23. The van der Waals surface area contributed by atoms with Crippen LogP contribution in [0.15, 0.2) is 48.5 Å². The van der Waals surface area contributed by atoms with E-state index >= 15 is 0 Å². The van der Waals surface area contributed by atoms with E-state index in [1.165, 1.54) is 0 Å². The minimum absolute atomic E-state index is 0.112. The highest BCUT2D eigenvalue weighted by atomic mass is 16.6. The van der Waals surface area contributed by atoms with Gasteiger partial charge in [0, 0.05) is 11.3 Å². The zero-order valence-electron chi connectivity index (χ0n) is 11.8. The number of hydrogen-bond donors (Lipinski definition) is 1. The average Bonchev–Trinajstić information content (AvgIpc) is 3.33. The summed E-state index contributed by atoms with van der Waals surface area (Å²) in [6.07, 6.45) is 0.239. The van der Waals surface area contributed by atoms with Crippen molar-refractivity contribution in [1.82, 2.24) is 0 Å². The fourth-order valence-corrected chi connectivity index (χ4v) is 2.00. The monoisotopic (exact) mass is 283 g/mol. The maximum absolute atomic E-state index is 12.1. The van der Waals surface area contributed by atoms with Gasteiger partial charge in [-0.25, -0.2) is 0 Å². The fraction of sp³-hybridized carbons (Fsp3) is 0.235. The third-order valence-corrected chi connectivity index (χ3v) is 3.32. The second-order valence-electron chi connectivity index (χ2n) is 5.06. The summed E-state index contributed by atoms with van der Waals surface area (Å²) in [5.74, 6) is 0.680. The summed E-state index contributed by atoms with van der Waals surface area (Å²) >= 11 is 0. The SMILES string of the molecule is Cc1cc(OCC2CO2)ccc1NC(=O)c1ccccc1. The molecule has 1 saturated heterocycles. The molecule has 0 bridgehead atoms. The first-order valence-corrected chi connectivity index (χ1v) is 6.94. The summed E-state index contributed by atoms with van der Waals surface area (Å²) < 4.78 is 10.7. The van der Waals surface area contributed by atoms with Crippen molar-refractivity contribution >= 4 is 11.6 Å². The van der Waals surface area contributed by atoms with Gasteiger partial charge >= 0.3 is 0 Å². The van der Waals surface area contributed by atoms with Crippen LogP contribution in [0.5, 0.6) is 5.75 Å². The van der Waals surface area contributed by atoms with Crippen molar-refractivity contribution in [2.75, 3.05) is 18.5 Å². The minimum Gasteiger partial charge on any atom is -0.491 e. The van der Waals surface area contributed by atoms with Gasteiger partial charge in [0.25, 0.3) is 5.91 Å². The highest BCUT2D eigenvalue weighted by molar-refractivity contribution is 6.04. The first-order chi connectivity index (χ1) is 10.2. The quantitative estimate of drug-likeness (QED) is 0.858. The molecule has 0 radical (unpaired) electrons. The summed E-state index contributed by atoms with van der Waals surface area (Å²) in [4.78, 5) is 12.1. The summed E-state index contributed by atoms with van der Waals surface area (Å²) in [5.41, 5.74) is 2.40. The molecule has 0 saturated carbocycles. The lowest BCUT2D eigenvalue weighted by atomic mass is 10.1. The molecule has 1 atom stereocenters. The molecule has 2 aromatic carbocycles. The predicted octanol–water partition coefficient (Wildman–Crippen LogP) is 3.02. The van der Waals surface area contributed by atoms with Crippen molar-refractivity contribution in [1.29, 1.82) is 0 Å². The van der Waals surface area contributed by atoms with Gasteiger partial charge in [0.1, 0.15) is 18.5 Å². The number of rotatable bonds is 5. The Morgan fingerprint density at radius 3 is 2.71 bits per heavy atom. The van der Waals surface area contributed by atoms with Gasteiger partial charge in [-0.3, -0.25) is 4.79 Å². The number of epoxide rings is 1. The molecule has 4 heteroatoms. The molecule has 1 unspecified atom stereocenters. The van der Waals surface area contributed by atoms with Crippen LogP contribution in [0.2, 0.25) is 0 Å². The van der Waals surface area contributed by atoms with Gasteiger partial charge in [-0.05, 0) is 42.8 Å². The van der Waals surface area contributed by atoms with Crippen molar-refractivity contribution < 1.29 is 14.3 Å². The van der Waals surface area contributed by atoms with Gasteiger partial charge in [-0.15, -0.1) is 0 Å². The molecule has 3 rings (SSSR count). The van der Waals surface area contributed by atoms with E-state index in [0.717, 1.165) is 23.6 Å². The molecule has 1 aliphatic rings. The lowest BCUT2D eigenvalue weighted by molar-refractivity contribution is 0.102. The second kappa shape index (κ2) is 5.97. The average molecular weight is 283 g/mol. The number of carbonyl (C=O) groups is 1. The first-order valence-electron chi connectivity index (χ1n) is 6.94. The highest BCUT2D eigenvalue weighted by Crippen LogP contribution is 2.23. The van der Waals surface area contributed by atoms with Gasteiger partial charge < -0.3 is 14.8 Å². The second-order valence-corrected chi connectivity index (χ2v) is 5.06. The Balaban J connectivity index is 1.66. The van der Waals surface area contributed by atoms with Gasteiger partial charge in [0.15, 0.2) is 0 Å². The van der Waals surface area contributed by atoms with E-state index in [0.29, 0.717) is 12.2 Å². The van der Waals surface area contributed by atoms with Crippen LogP contribution < -0.4 is 10.1 Å². The van der Waals surface area contributed by atoms with Crippen LogP contribution in [0.4, 0.5) is 5.69 Å². The largest absolute Gasteiger partial charge is 0.491 e. The van der Waals surface area contributed by atoms with E-state index in [4.69, 9.17) is 9.47 Å². The third kappa shape index (κ3) is 3.61. The number of benzene rings is 2. The van der Waals surface area contributed by atoms with Crippen LogP contribution >= 0.6 is 0 Å². The number of anilines is 1. The topological polar surface area (TPSA) is 50.9 Å². The lowest BCUT2D eigenvalue weighted by Crippen LogP contribution is -2.12. The van der Waals surface area contributed by atoms with E-state index in [-0.39, 0.29) is 12.0 Å². The Morgan fingerprint density at radius 1 is 1.29 bits per heavy atom. The van der Waals surface area contributed by atoms with E-state index in [9.17, 15) is 4.79 Å². The normalized spacial score (nSPS) is 16.3. The molecule has 4 nitrogen and oxygen atoms in total. The first kappa shape index (κ1) is 13.6. The predicted molar refractivity (Wildman–Crippen MR) is 80.8 cm³/mol. The Morgan fingerprint density at radius 2 is 2.05 bits per heavy atom. The van der Waals surface area contributed by atoms with E-state index in [2.05, 4.69) is 5.32 Å². The molecule has 0 aromatic heterocycles. The van der Waals surface area contributed by atoms with E-state index < -0.39 is 0 Å². The molecular weight excluding hydrogens is 266 g/mol. The molecule has 1 aliphatic heterocycles. The molecule has 108 valence electrons. The van der Waals surface area contributed by atoms with Gasteiger partial charge in [0.05, 0.1) is 6.61 Å². The Labute approximate surface area is 123 Å². The van der Waals surface area contributed by atoms with Crippen molar-refractivity contribution in [3.63, 3.8) is 0 Å². The number of aryl methyl sites for hydroxylation is 1.